The molecule has 0 fully saturated rings. The number of rotatable bonds is 7. The lowest BCUT2D eigenvalue weighted by atomic mass is 10.3. The number of nitriles is 1. The van der Waals surface area contributed by atoms with Gasteiger partial charge in [0.05, 0.1) is 24.9 Å². The van der Waals surface area contributed by atoms with Gasteiger partial charge in [0.15, 0.2) is 0 Å². The molecule has 0 spiro atoms. The molecule has 0 bridgehead atoms. The molecule has 2 rings (SSSR count). The van der Waals surface area contributed by atoms with E-state index in [4.69, 9.17) is 9.47 Å². The number of benzene rings is 1. The number of para-hydroxylation sites is 1. The average Bonchev–Trinajstić information content (AvgIpc) is 2.95. The lowest BCUT2D eigenvalue weighted by Gasteiger charge is -2.10. The second kappa shape index (κ2) is 7.90. The van der Waals surface area contributed by atoms with Crippen LogP contribution >= 0.6 is 0 Å². The third-order valence-corrected chi connectivity index (χ3v) is 2.93. The molecule has 1 N–H and O–H groups in total. The molecule has 0 saturated heterocycles. The van der Waals surface area contributed by atoms with Crippen LogP contribution in [0.25, 0.3) is 0 Å². The van der Waals surface area contributed by atoms with E-state index in [2.05, 4.69) is 10.4 Å². The van der Waals surface area contributed by atoms with Gasteiger partial charge in [0.2, 0.25) is 17.5 Å². The Morgan fingerprint density at radius 1 is 1.39 bits per heavy atom. The maximum atomic E-state index is 9.26. The predicted octanol–water partition coefficient (Wildman–Crippen LogP) is 3.72. The van der Waals surface area contributed by atoms with E-state index in [1.54, 1.807) is 10.7 Å². The molecule has 0 amide bonds. The van der Waals surface area contributed by atoms with Crippen molar-refractivity contribution in [2.75, 3.05) is 11.9 Å². The minimum atomic E-state index is 0.0845. The molecule has 6 nitrogen and oxygen atoms in total. The van der Waals surface area contributed by atoms with Gasteiger partial charge in [-0.05, 0) is 32.9 Å². The fourth-order valence-corrected chi connectivity index (χ4v) is 1.90. The van der Waals surface area contributed by atoms with Gasteiger partial charge in [-0.3, -0.25) is 0 Å². The minimum Gasteiger partial charge on any atom is -0.477 e. The molecule has 0 atom stereocenters. The summed E-state index contributed by atoms with van der Waals surface area (Å²) in [6.45, 7) is 6.37. The van der Waals surface area contributed by atoms with Gasteiger partial charge >= 0.3 is 0 Å². The van der Waals surface area contributed by atoms with Crippen molar-refractivity contribution < 1.29 is 9.47 Å². The van der Waals surface area contributed by atoms with E-state index in [1.165, 1.54) is 6.20 Å². The van der Waals surface area contributed by atoms with E-state index < -0.39 is 0 Å². The normalized spacial score (nSPS) is 11.2. The molecule has 23 heavy (non-hydrogen) atoms. The fraction of sp³-hybridized carbons (Fsp3) is 0.294. The Balaban J connectivity index is 2.16. The largest absolute Gasteiger partial charge is 0.477 e. The van der Waals surface area contributed by atoms with Crippen molar-refractivity contribution in [3.8, 4) is 17.8 Å². The van der Waals surface area contributed by atoms with Gasteiger partial charge in [-0.15, -0.1) is 5.10 Å². The van der Waals surface area contributed by atoms with Crippen molar-refractivity contribution in [1.82, 2.24) is 9.78 Å². The highest BCUT2D eigenvalue weighted by atomic mass is 16.5. The number of ether oxygens (including phenoxy) is 2. The number of anilines is 1. The summed E-state index contributed by atoms with van der Waals surface area (Å²) < 4.78 is 12.7. The van der Waals surface area contributed by atoms with Crippen LogP contribution in [0.4, 0.5) is 5.69 Å². The van der Waals surface area contributed by atoms with E-state index in [0.717, 1.165) is 5.69 Å². The van der Waals surface area contributed by atoms with Crippen molar-refractivity contribution >= 4 is 5.69 Å². The number of allylic oxidation sites excluding steroid dienone is 1. The Kier molecular flexibility index (Phi) is 5.64. The summed E-state index contributed by atoms with van der Waals surface area (Å²) in [4.78, 5) is 0. The first-order valence-corrected chi connectivity index (χ1v) is 7.46. The van der Waals surface area contributed by atoms with Crippen LogP contribution in [0.5, 0.6) is 11.8 Å². The number of nitrogens with one attached hydrogen (secondary N) is 1. The minimum absolute atomic E-state index is 0.0845. The second-order valence-electron chi connectivity index (χ2n) is 5.02. The molecule has 1 aromatic carbocycles. The SMILES string of the molecule is CCOc1cc(O/C(C#N)=C/Nc2ccccc2)n(C(C)C)n1. The van der Waals surface area contributed by atoms with E-state index >= 15 is 0 Å². The number of aromatic nitrogens is 2. The zero-order valence-electron chi connectivity index (χ0n) is 13.5. The molecule has 0 aliphatic rings. The van der Waals surface area contributed by atoms with Crippen molar-refractivity contribution in [3.63, 3.8) is 0 Å². The second-order valence-corrected chi connectivity index (χ2v) is 5.02. The molecule has 1 heterocycles. The van der Waals surface area contributed by atoms with Gasteiger partial charge in [-0.1, -0.05) is 18.2 Å². The van der Waals surface area contributed by atoms with Gasteiger partial charge in [-0.25, -0.2) is 4.68 Å². The number of nitrogens with zero attached hydrogens (tertiary/aromatic N) is 3. The Bertz CT molecular complexity index is 699. The van der Waals surface area contributed by atoms with Crippen molar-refractivity contribution in [3.05, 3.63) is 48.4 Å². The molecular formula is C17H20N4O2. The molecule has 0 saturated carbocycles. The summed E-state index contributed by atoms with van der Waals surface area (Å²) in [6.07, 6.45) is 1.52. The molecular weight excluding hydrogens is 292 g/mol. The fourth-order valence-electron chi connectivity index (χ4n) is 1.90. The van der Waals surface area contributed by atoms with Crippen LogP contribution in [0.2, 0.25) is 0 Å². The summed E-state index contributed by atoms with van der Waals surface area (Å²) in [5.41, 5.74) is 0.872. The van der Waals surface area contributed by atoms with Crippen molar-refractivity contribution in [1.29, 1.82) is 5.26 Å². The highest BCUT2D eigenvalue weighted by Crippen LogP contribution is 2.25. The number of hydrogen-bond acceptors (Lipinski definition) is 5. The third kappa shape index (κ3) is 4.51. The summed E-state index contributed by atoms with van der Waals surface area (Å²) in [6, 6.07) is 13.3. The van der Waals surface area contributed by atoms with Gasteiger partial charge in [0.25, 0.3) is 0 Å². The number of hydrogen-bond donors (Lipinski definition) is 1. The monoisotopic (exact) mass is 312 g/mol. The van der Waals surface area contributed by atoms with Crippen LogP contribution in [0, 0.1) is 11.3 Å². The Hall–Kier alpha value is -2.94. The third-order valence-electron chi connectivity index (χ3n) is 2.93. The van der Waals surface area contributed by atoms with Crippen LogP contribution in [0.1, 0.15) is 26.8 Å². The van der Waals surface area contributed by atoms with E-state index in [9.17, 15) is 5.26 Å². The zero-order chi connectivity index (χ0) is 16.7. The summed E-state index contributed by atoms with van der Waals surface area (Å²) in [7, 11) is 0. The first kappa shape index (κ1) is 16.4. The molecule has 6 heteroatoms. The Labute approximate surface area is 135 Å². The maximum absolute atomic E-state index is 9.26. The van der Waals surface area contributed by atoms with Crippen LogP contribution in [-0.4, -0.2) is 16.4 Å². The summed E-state index contributed by atoms with van der Waals surface area (Å²) >= 11 is 0. The predicted molar refractivity (Wildman–Crippen MR) is 88.2 cm³/mol. The first-order valence-electron chi connectivity index (χ1n) is 7.46. The molecule has 0 aliphatic heterocycles. The molecule has 120 valence electrons. The molecule has 2 aromatic rings. The van der Waals surface area contributed by atoms with Gasteiger partial charge in [-0.2, -0.15) is 5.26 Å². The molecule has 0 unspecified atom stereocenters. The van der Waals surface area contributed by atoms with Gasteiger partial charge in [0, 0.05) is 5.69 Å². The Morgan fingerprint density at radius 2 is 2.13 bits per heavy atom. The topological polar surface area (TPSA) is 72.1 Å². The van der Waals surface area contributed by atoms with Crippen molar-refractivity contribution in [2.45, 2.75) is 26.8 Å². The van der Waals surface area contributed by atoms with Crippen molar-refractivity contribution in [2.24, 2.45) is 0 Å². The molecule has 0 aliphatic carbocycles. The van der Waals surface area contributed by atoms with Gasteiger partial charge in [0.1, 0.15) is 6.07 Å². The van der Waals surface area contributed by atoms with Gasteiger partial charge < -0.3 is 14.8 Å². The molecule has 0 radical (unpaired) electrons. The van der Waals surface area contributed by atoms with E-state index in [-0.39, 0.29) is 11.8 Å². The highest BCUT2D eigenvalue weighted by molar-refractivity contribution is 5.46. The zero-order valence-corrected chi connectivity index (χ0v) is 13.5. The smallest absolute Gasteiger partial charge is 0.236 e. The van der Waals surface area contributed by atoms with E-state index in [0.29, 0.717) is 18.4 Å². The summed E-state index contributed by atoms with van der Waals surface area (Å²) in [5.74, 6) is 1.08. The lowest BCUT2D eigenvalue weighted by molar-refractivity contribution is 0.316. The van der Waals surface area contributed by atoms with Crippen LogP contribution in [0.15, 0.2) is 48.4 Å². The average molecular weight is 312 g/mol. The Morgan fingerprint density at radius 3 is 2.74 bits per heavy atom. The highest BCUT2D eigenvalue weighted by Gasteiger charge is 2.14. The van der Waals surface area contributed by atoms with Crippen LogP contribution in [-0.2, 0) is 0 Å². The first-order chi connectivity index (χ1) is 11.1. The quantitative estimate of drug-likeness (QED) is 0.623. The lowest BCUT2D eigenvalue weighted by Crippen LogP contribution is -2.07. The van der Waals surface area contributed by atoms with Crippen LogP contribution in [0.3, 0.4) is 0 Å². The van der Waals surface area contributed by atoms with Crippen LogP contribution < -0.4 is 14.8 Å². The molecule has 1 aromatic heterocycles. The maximum Gasteiger partial charge on any atom is 0.236 e. The summed E-state index contributed by atoms with van der Waals surface area (Å²) in [5, 5.41) is 16.6. The standard InChI is InChI=1S/C17H20N4O2/c1-4-22-16-10-17(21(20-16)13(2)3)23-15(11-18)12-19-14-8-6-5-7-9-14/h5-10,12-13,19H,4H2,1-3H3/b15-12+. The van der Waals surface area contributed by atoms with E-state index in [1.807, 2.05) is 57.2 Å².